The summed E-state index contributed by atoms with van der Waals surface area (Å²) in [4.78, 5) is 24.6. The second kappa shape index (κ2) is 13.2. The number of carbonyl (C=O) groups is 2. The Balaban J connectivity index is 2.00. The quantitative estimate of drug-likeness (QED) is 0.179. The molecule has 0 bridgehead atoms. The van der Waals surface area contributed by atoms with Crippen molar-refractivity contribution in [3.63, 3.8) is 0 Å². The van der Waals surface area contributed by atoms with E-state index in [4.69, 9.17) is 18.9 Å². The van der Waals surface area contributed by atoms with Crippen molar-refractivity contribution in [2.75, 3.05) is 13.2 Å². The average Bonchev–Trinajstić information content (AvgIpc) is 3.10. The first-order valence-corrected chi connectivity index (χ1v) is 11.6. The van der Waals surface area contributed by atoms with Gasteiger partial charge >= 0.3 is 11.9 Å². The van der Waals surface area contributed by atoms with E-state index >= 15 is 0 Å². The van der Waals surface area contributed by atoms with Gasteiger partial charge in [-0.25, -0.2) is 4.79 Å². The Kier molecular flexibility index (Phi) is 11.0. The molecule has 6 N–H and O–H groups in total. The summed E-state index contributed by atoms with van der Waals surface area (Å²) in [5.74, 6) is -3.59. The van der Waals surface area contributed by atoms with Gasteiger partial charge in [0, 0.05) is 0 Å². The van der Waals surface area contributed by atoms with Crippen molar-refractivity contribution in [1.29, 1.82) is 0 Å². The van der Waals surface area contributed by atoms with Gasteiger partial charge in [0.05, 0.1) is 12.5 Å². The van der Waals surface area contributed by atoms with E-state index in [1.807, 2.05) is 13.8 Å². The third-order valence-electron chi connectivity index (χ3n) is 5.90. The highest BCUT2D eigenvalue weighted by molar-refractivity contribution is 5.89. The maximum Gasteiger partial charge on any atom is 0.378 e. The first-order valence-electron chi connectivity index (χ1n) is 11.6. The van der Waals surface area contributed by atoms with Crippen molar-refractivity contribution in [3.8, 4) is 0 Å². The Morgan fingerprint density at radius 1 is 1.06 bits per heavy atom. The average molecular weight is 493 g/mol. The fourth-order valence-corrected chi connectivity index (χ4v) is 3.76. The maximum atomic E-state index is 12.5. The molecule has 0 radical (unpaired) electrons. The maximum absolute atomic E-state index is 12.5. The van der Waals surface area contributed by atoms with Crippen molar-refractivity contribution >= 4 is 11.9 Å². The highest BCUT2D eigenvalue weighted by atomic mass is 16.7. The van der Waals surface area contributed by atoms with Crippen LogP contribution in [0, 0.1) is 5.92 Å². The molecule has 0 amide bonds. The molecule has 0 aromatic rings. The summed E-state index contributed by atoms with van der Waals surface area (Å²) in [5, 5.41) is 59.7. The van der Waals surface area contributed by atoms with Gasteiger partial charge < -0.3 is 49.6 Å². The summed E-state index contributed by atoms with van der Waals surface area (Å²) >= 11 is 0. The van der Waals surface area contributed by atoms with Crippen LogP contribution >= 0.6 is 0 Å². The van der Waals surface area contributed by atoms with E-state index in [-0.39, 0.29) is 5.92 Å². The molecular weight excluding hydrogens is 456 g/mol. The fraction of sp³-hybridized carbons (Fsp3) is 0.818. The van der Waals surface area contributed by atoms with E-state index in [9.17, 15) is 40.2 Å². The zero-order chi connectivity index (χ0) is 25.4. The molecule has 7 atom stereocenters. The molecular formula is C22H36O12. The highest BCUT2D eigenvalue weighted by Crippen LogP contribution is 2.30. The molecule has 34 heavy (non-hydrogen) atoms. The van der Waals surface area contributed by atoms with Crippen LogP contribution in [0.4, 0.5) is 0 Å². The smallest absolute Gasteiger partial charge is 0.378 e. The molecule has 12 heteroatoms. The molecule has 2 aliphatic rings. The summed E-state index contributed by atoms with van der Waals surface area (Å²) in [7, 11) is 0. The predicted molar refractivity (Wildman–Crippen MR) is 114 cm³/mol. The molecule has 2 aliphatic heterocycles. The summed E-state index contributed by atoms with van der Waals surface area (Å²) in [6.45, 7) is 2.77. The van der Waals surface area contributed by atoms with Gasteiger partial charge in [0.15, 0.2) is 11.9 Å². The van der Waals surface area contributed by atoms with Crippen LogP contribution in [0.1, 0.15) is 52.4 Å². The van der Waals surface area contributed by atoms with Crippen molar-refractivity contribution in [2.45, 2.75) is 95.3 Å². The summed E-state index contributed by atoms with van der Waals surface area (Å²) < 4.78 is 20.4. The van der Waals surface area contributed by atoms with Crippen molar-refractivity contribution in [2.24, 2.45) is 5.92 Å². The van der Waals surface area contributed by atoms with Crippen LogP contribution in [0.15, 0.2) is 11.5 Å². The van der Waals surface area contributed by atoms with Gasteiger partial charge in [-0.15, -0.1) is 0 Å². The molecule has 2 rings (SSSR count). The van der Waals surface area contributed by atoms with Gasteiger partial charge in [-0.2, -0.15) is 0 Å². The third kappa shape index (κ3) is 6.80. The van der Waals surface area contributed by atoms with Crippen molar-refractivity contribution in [1.82, 2.24) is 0 Å². The van der Waals surface area contributed by atoms with Gasteiger partial charge in [-0.1, -0.05) is 39.5 Å². The number of unbranched alkanes of at least 4 members (excludes halogenated alkanes) is 2. The monoisotopic (exact) mass is 492 g/mol. The Morgan fingerprint density at radius 3 is 2.24 bits per heavy atom. The Hall–Kier alpha value is -1.96. The SMILES string of the molecule is CCCCC(CCCC)C(=O)OC[C@H](O)[C@H]1OC(=O)C(OC2O[C@H](CO)[C@@H](O)[C@H](O)[C@H]2O)=C1O. The molecule has 1 unspecified atom stereocenters. The molecule has 0 spiro atoms. The number of cyclic esters (lactones) is 1. The molecule has 0 saturated carbocycles. The number of aliphatic hydroxyl groups is 6. The van der Waals surface area contributed by atoms with E-state index in [0.29, 0.717) is 12.8 Å². The van der Waals surface area contributed by atoms with Crippen LogP contribution in [-0.4, -0.2) is 98.7 Å². The summed E-state index contributed by atoms with van der Waals surface area (Å²) in [6.07, 6.45) is -6.55. The van der Waals surface area contributed by atoms with Gasteiger partial charge in [0.2, 0.25) is 12.0 Å². The van der Waals surface area contributed by atoms with Crippen LogP contribution < -0.4 is 0 Å². The van der Waals surface area contributed by atoms with Crippen molar-refractivity contribution < 1.29 is 59.2 Å². The van der Waals surface area contributed by atoms with Gasteiger partial charge in [0.1, 0.15) is 37.1 Å². The van der Waals surface area contributed by atoms with Gasteiger partial charge in [-0.05, 0) is 12.8 Å². The first-order chi connectivity index (χ1) is 16.2. The molecule has 2 heterocycles. The number of hydrogen-bond acceptors (Lipinski definition) is 12. The Labute approximate surface area is 197 Å². The lowest BCUT2D eigenvalue weighted by Gasteiger charge is -2.39. The molecule has 0 aromatic heterocycles. The minimum atomic E-state index is -1.82. The lowest BCUT2D eigenvalue weighted by molar-refractivity contribution is -0.291. The lowest BCUT2D eigenvalue weighted by Crippen LogP contribution is -2.59. The Bertz CT molecular complexity index is 700. The lowest BCUT2D eigenvalue weighted by atomic mass is 9.96. The summed E-state index contributed by atoms with van der Waals surface area (Å²) in [6, 6.07) is 0. The number of esters is 2. The first kappa shape index (κ1) is 28.3. The third-order valence-corrected chi connectivity index (χ3v) is 5.90. The van der Waals surface area contributed by atoms with Crippen molar-refractivity contribution in [3.05, 3.63) is 11.5 Å². The van der Waals surface area contributed by atoms with E-state index in [1.54, 1.807) is 0 Å². The minimum Gasteiger partial charge on any atom is -0.505 e. The molecule has 0 aromatic carbocycles. The van der Waals surface area contributed by atoms with E-state index in [1.165, 1.54) is 0 Å². The van der Waals surface area contributed by atoms with Crippen LogP contribution in [0.25, 0.3) is 0 Å². The number of hydrogen-bond donors (Lipinski definition) is 6. The predicted octanol–water partition coefficient (Wildman–Crippen LogP) is -0.601. The van der Waals surface area contributed by atoms with Crippen LogP contribution in [0.2, 0.25) is 0 Å². The van der Waals surface area contributed by atoms with Crippen LogP contribution in [-0.2, 0) is 28.5 Å². The zero-order valence-corrected chi connectivity index (χ0v) is 19.4. The fourth-order valence-electron chi connectivity index (χ4n) is 3.76. The largest absolute Gasteiger partial charge is 0.505 e. The topological polar surface area (TPSA) is 192 Å². The van der Waals surface area contributed by atoms with Crippen LogP contribution in [0.5, 0.6) is 0 Å². The number of aliphatic hydroxyl groups excluding tert-OH is 6. The van der Waals surface area contributed by atoms with E-state index in [2.05, 4.69) is 0 Å². The van der Waals surface area contributed by atoms with Gasteiger partial charge in [0.25, 0.3) is 0 Å². The highest BCUT2D eigenvalue weighted by Gasteiger charge is 2.48. The molecule has 12 nitrogen and oxygen atoms in total. The van der Waals surface area contributed by atoms with Gasteiger partial charge in [-0.3, -0.25) is 4.79 Å². The second-order valence-corrected chi connectivity index (χ2v) is 8.53. The standard InChI is InChI=1S/C22H36O12/c1-3-5-7-11(8-6-4-2)20(29)31-10-12(24)18-17(28)19(21(30)33-18)34-22-16(27)15(26)14(25)13(9-23)32-22/h11-16,18,22-28H,3-10H2,1-2H3/t12-,13+,14+,15-,16+,18+,22?/m0/s1. The molecule has 1 fully saturated rings. The number of rotatable bonds is 13. The zero-order valence-electron chi connectivity index (χ0n) is 19.4. The van der Waals surface area contributed by atoms with E-state index < -0.39 is 79.6 Å². The van der Waals surface area contributed by atoms with Crippen LogP contribution in [0.3, 0.4) is 0 Å². The molecule has 1 saturated heterocycles. The number of carbonyl (C=O) groups excluding carboxylic acids is 2. The minimum absolute atomic E-state index is 0.313. The Morgan fingerprint density at radius 2 is 1.68 bits per heavy atom. The molecule has 0 aliphatic carbocycles. The normalized spacial score (nSPS) is 30.4. The van der Waals surface area contributed by atoms with E-state index in [0.717, 1.165) is 25.7 Å². The summed E-state index contributed by atoms with van der Waals surface area (Å²) in [5.41, 5.74) is 0. The molecule has 196 valence electrons. The second-order valence-electron chi connectivity index (χ2n) is 8.53. The number of ether oxygens (including phenoxy) is 4.